The Balaban J connectivity index is 4.16. The molecule has 0 aliphatic heterocycles. The predicted molar refractivity (Wildman–Crippen MR) is 284 cm³/mol. The van der Waals surface area contributed by atoms with Crippen molar-refractivity contribution in [1.82, 2.24) is 0 Å². The molecule has 1 atom stereocenters. The van der Waals surface area contributed by atoms with Gasteiger partial charge in [0.2, 0.25) is 0 Å². The third-order valence-electron chi connectivity index (χ3n) is 12.0. The van der Waals surface area contributed by atoms with Crippen LogP contribution in [-0.4, -0.2) is 37.2 Å². The number of unbranched alkanes of at least 4 members (excludes halogenated alkanes) is 27. The van der Waals surface area contributed by atoms with E-state index in [1.165, 1.54) is 135 Å². The van der Waals surface area contributed by atoms with Gasteiger partial charge in [0.1, 0.15) is 13.2 Å². The third-order valence-corrected chi connectivity index (χ3v) is 12.0. The maximum absolute atomic E-state index is 12.7. The number of rotatable bonds is 50. The highest BCUT2D eigenvalue weighted by molar-refractivity contribution is 5.71. The van der Waals surface area contributed by atoms with Gasteiger partial charge in [-0.2, -0.15) is 0 Å². The molecule has 0 rings (SSSR count). The van der Waals surface area contributed by atoms with Gasteiger partial charge in [0.15, 0.2) is 6.10 Å². The topological polar surface area (TPSA) is 78.9 Å². The molecule has 0 heterocycles. The molecular formula is C60H104O6. The molecule has 0 fully saturated rings. The maximum atomic E-state index is 12.7. The van der Waals surface area contributed by atoms with Crippen molar-refractivity contribution < 1.29 is 28.6 Å². The van der Waals surface area contributed by atoms with E-state index in [0.29, 0.717) is 19.3 Å². The smallest absolute Gasteiger partial charge is 0.306 e. The van der Waals surface area contributed by atoms with Crippen molar-refractivity contribution >= 4 is 17.9 Å². The lowest BCUT2D eigenvalue weighted by Gasteiger charge is -2.18. The summed E-state index contributed by atoms with van der Waals surface area (Å²) in [6, 6.07) is 0. The van der Waals surface area contributed by atoms with Crippen LogP contribution in [0.1, 0.15) is 271 Å². The van der Waals surface area contributed by atoms with Crippen LogP contribution in [0.15, 0.2) is 72.9 Å². The average molecular weight is 921 g/mol. The van der Waals surface area contributed by atoms with Crippen LogP contribution in [0.5, 0.6) is 0 Å². The van der Waals surface area contributed by atoms with Gasteiger partial charge in [-0.25, -0.2) is 0 Å². The standard InChI is InChI=1S/C60H104O6/c1-4-7-10-13-15-17-19-21-23-25-27-28-29-30-31-33-34-36-38-40-42-44-47-50-53-59(62)65-56-57(55-64-58(61)52-49-46-12-9-6-3)66-60(63)54-51-48-45-43-41-39-37-35-32-26-24-22-20-18-16-14-11-8-5-2/h8,11,16,18,22,24,32,35,39,41,45,48,57H,4-7,9-10,12-15,17,19-21,23,25-31,33-34,36-38,40,42-44,46-47,49-56H2,1-3H3/b11-8-,18-16-,24-22-,35-32-,41-39-,48-45-. The van der Waals surface area contributed by atoms with Crippen LogP contribution < -0.4 is 0 Å². The number of ether oxygens (including phenoxy) is 3. The average Bonchev–Trinajstić information content (AvgIpc) is 3.31. The van der Waals surface area contributed by atoms with Gasteiger partial charge >= 0.3 is 17.9 Å². The van der Waals surface area contributed by atoms with E-state index in [2.05, 4.69) is 81.5 Å². The number of hydrogen-bond acceptors (Lipinski definition) is 6. The Hall–Kier alpha value is -3.15. The number of hydrogen-bond donors (Lipinski definition) is 0. The zero-order chi connectivity index (χ0) is 47.9. The first-order chi connectivity index (χ1) is 32.5. The van der Waals surface area contributed by atoms with E-state index in [-0.39, 0.29) is 31.6 Å². The van der Waals surface area contributed by atoms with E-state index in [1.807, 2.05) is 12.2 Å². The second kappa shape index (κ2) is 54.5. The molecule has 6 heteroatoms. The highest BCUT2D eigenvalue weighted by Crippen LogP contribution is 2.16. The van der Waals surface area contributed by atoms with Crippen molar-refractivity contribution in [3.05, 3.63) is 72.9 Å². The molecule has 6 nitrogen and oxygen atoms in total. The van der Waals surface area contributed by atoms with E-state index in [0.717, 1.165) is 89.9 Å². The summed E-state index contributed by atoms with van der Waals surface area (Å²) >= 11 is 0. The predicted octanol–water partition coefficient (Wildman–Crippen LogP) is 18.6. The van der Waals surface area contributed by atoms with Gasteiger partial charge in [0, 0.05) is 19.3 Å². The van der Waals surface area contributed by atoms with Crippen LogP contribution in [0, 0.1) is 0 Å². The van der Waals surface area contributed by atoms with Crippen molar-refractivity contribution in [2.24, 2.45) is 0 Å². The van der Waals surface area contributed by atoms with Gasteiger partial charge in [0.05, 0.1) is 0 Å². The molecule has 380 valence electrons. The molecule has 0 amide bonds. The summed E-state index contributed by atoms with van der Waals surface area (Å²) in [7, 11) is 0. The quantitative estimate of drug-likeness (QED) is 0.0262. The Labute approximate surface area is 408 Å². The highest BCUT2D eigenvalue weighted by Gasteiger charge is 2.19. The third kappa shape index (κ3) is 51.8. The Bertz CT molecular complexity index is 1240. The minimum Gasteiger partial charge on any atom is -0.462 e. The summed E-state index contributed by atoms with van der Waals surface area (Å²) < 4.78 is 16.6. The first-order valence-electron chi connectivity index (χ1n) is 27.9. The van der Waals surface area contributed by atoms with Crippen LogP contribution in [0.2, 0.25) is 0 Å². The van der Waals surface area contributed by atoms with Crippen LogP contribution >= 0.6 is 0 Å². The SMILES string of the molecule is CC/C=C\C/C=C\C/C=C\C/C=C\C/C=C\C/C=C\CCC(=O)OC(COC(=O)CCCCCCC)COC(=O)CCCCCCCCCCCCCCCCCCCCCCCCCC. The largest absolute Gasteiger partial charge is 0.462 e. The van der Waals surface area contributed by atoms with Gasteiger partial charge < -0.3 is 14.2 Å². The van der Waals surface area contributed by atoms with E-state index in [1.54, 1.807) is 0 Å². The molecule has 0 spiro atoms. The Morgan fingerprint density at radius 1 is 0.318 bits per heavy atom. The minimum atomic E-state index is -0.810. The van der Waals surface area contributed by atoms with Crippen LogP contribution in [0.4, 0.5) is 0 Å². The Morgan fingerprint density at radius 2 is 0.591 bits per heavy atom. The van der Waals surface area contributed by atoms with Gasteiger partial charge in [-0.05, 0) is 57.8 Å². The molecule has 0 radical (unpaired) electrons. The minimum absolute atomic E-state index is 0.104. The lowest BCUT2D eigenvalue weighted by molar-refractivity contribution is -0.166. The molecule has 0 aliphatic rings. The first kappa shape index (κ1) is 62.8. The zero-order valence-corrected chi connectivity index (χ0v) is 43.4. The van der Waals surface area contributed by atoms with Crippen molar-refractivity contribution in [2.45, 2.75) is 277 Å². The van der Waals surface area contributed by atoms with Crippen molar-refractivity contribution in [2.75, 3.05) is 13.2 Å². The number of carbonyl (C=O) groups excluding carboxylic acids is 3. The lowest BCUT2D eigenvalue weighted by atomic mass is 10.0. The highest BCUT2D eigenvalue weighted by atomic mass is 16.6. The first-order valence-corrected chi connectivity index (χ1v) is 27.9. The lowest BCUT2D eigenvalue weighted by Crippen LogP contribution is -2.30. The van der Waals surface area contributed by atoms with E-state index < -0.39 is 12.1 Å². The van der Waals surface area contributed by atoms with Crippen LogP contribution in [-0.2, 0) is 28.6 Å². The second-order valence-electron chi connectivity index (χ2n) is 18.5. The molecule has 0 aromatic heterocycles. The van der Waals surface area contributed by atoms with Gasteiger partial charge in [-0.3, -0.25) is 14.4 Å². The van der Waals surface area contributed by atoms with Crippen LogP contribution in [0.3, 0.4) is 0 Å². The summed E-state index contributed by atoms with van der Waals surface area (Å²) in [6.07, 6.45) is 69.6. The van der Waals surface area contributed by atoms with Crippen LogP contribution in [0.25, 0.3) is 0 Å². The van der Waals surface area contributed by atoms with Gasteiger partial charge in [0.25, 0.3) is 0 Å². The van der Waals surface area contributed by atoms with Crippen molar-refractivity contribution in [1.29, 1.82) is 0 Å². The van der Waals surface area contributed by atoms with Crippen molar-refractivity contribution in [3.63, 3.8) is 0 Å². The zero-order valence-electron chi connectivity index (χ0n) is 43.4. The van der Waals surface area contributed by atoms with E-state index >= 15 is 0 Å². The normalized spacial score (nSPS) is 12.6. The Morgan fingerprint density at radius 3 is 0.894 bits per heavy atom. The molecule has 1 unspecified atom stereocenters. The number of carbonyl (C=O) groups is 3. The number of esters is 3. The monoisotopic (exact) mass is 921 g/mol. The second-order valence-corrected chi connectivity index (χ2v) is 18.5. The fourth-order valence-electron chi connectivity index (χ4n) is 7.82. The number of allylic oxidation sites excluding steroid dienone is 12. The molecule has 0 bridgehead atoms. The van der Waals surface area contributed by atoms with Gasteiger partial charge in [-0.15, -0.1) is 0 Å². The fourth-order valence-corrected chi connectivity index (χ4v) is 7.82. The Kier molecular flexibility index (Phi) is 51.9. The summed E-state index contributed by atoms with van der Waals surface area (Å²) in [5.74, 6) is -0.997. The molecule has 0 saturated heterocycles. The molecule has 0 aromatic carbocycles. The van der Waals surface area contributed by atoms with E-state index in [9.17, 15) is 14.4 Å². The molecule has 0 saturated carbocycles. The van der Waals surface area contributed by atoms with Crippen molar-refractivity contribution in [3.8, 4) is 0 Å². The van der Waals surface area contributed by atoms with E-state index in [4.69, 9.17) is 14.2 Å². The molecule has 66 heavy (non-hydrogen) atoms. The molecule has 0 aliphatic carbocycles. The van der Waals surface area contributed by atoms with Gasteiger partial charge in [-0.1, -0.05) is 267 Å². The molecule has 0 aromatic rings. The fraction of sp³-hybridized carbons (Fsp3) is 0.750. The summed E-state index contributed by atoms with van der Waals surface area (Å²) in [5, 5.41) is 0. The molecule has 0 N–H and O–H groups in total. The summed E-state index contributed by atoms with van der Waals surface area (Å²) in [6.45, 7) is 6.40. The summed E-state index contributed by atoms with van der Waals surface area (Å²) in [4.78, 5) is 37.7. The molecular weight excluding hydrogens is 817 g/mol. The summed E-state index contributed by atoms with van der Waals surface area (Å²) in [5.41, 5.74) is 0. The maximum Gasteiger partial charge on any atom is 0.306 e.